The quantitative estimate of drug-likeness (QED) is 0.820. The Morgan fingerprint density at radius 3 is 2.00 bits per heavy atom. The lowest BCUT2D eigenvalue weighted by molar-refractivity contribution is 0.198. The van der Waals surface area contributed by atoms with E-state index < -0.39 is 10.0 Å². The van der Waals surface area contributed by atoms with Crippen LogP contribution in [-0.4, -0.2) is 42.8 Å². The Bertz CT molecular complexity index is 371. The molecule has 2 saturated carbocycles. The van der Waals surface area contributed by atoms with Crippen molar-refractivity contribution < 1.29 is 13.5 Å². The zero-order chi connectivity index (χ0) is 14.4. The highest BCUT2D eigenvalue weighted by Gasteiger charge is 2.32. The van der Waals surface area contributed by atoms with Crippen LogP contribution in [0.25, 0.3) is 0 Å². The van der Waals surface area contributed by atoms with Gasteiger partial charge in [-0.05, 0) is 31.6 Å². The molecule has 0 atom stereocenters. The van der Waals surface area contributed by atoms with Crippen LogP contribution in [-0.2, 0) is 10.0 Å². The van der Waals surface area contributed by atoms with Crippen molar-refractivity contribution in [2.75, 3.05) is 18.9 Å². The van der Waals surface area contributed by atoms with Crippen LogP contribution in [0.5, 0.6) is 0 Å². The molecule has 118 valence electrons. The van der Waals surface area contributed by atoms with Crippen molar-refractivity contribution in [2.24, 2.45) is 5.92 Å². The minimum absolute atomic E-state index is 0.0691. The first kappa shape index (κ1) is 16.2. The van der Waals surface area contributed by atoms with E-state index in [-0.39, 0.29) is 19.2 Å². The van der Waals surface area contributed by atoms with Gasteiger partial charge in [0.05, 0.1) is 12.4 Å². The van der Waals surface area contributed by atoms with E-state index in [0.717, 1.165) is 38.5 Å². The number of hydrogen-bond donors (Lipinski definition) is 1. The van der Waals surface area contributed by atoms with Crippen molar-refractivity contribution in [2.45, 2.75) is 70.3 Å². The summed E-state index contributed by atoms with van der Waals surface area (Å²) in [6.45, 7) is 0.208. The Morgan fingerprint density at radius 2 is 1.45 bits per heavy atom. The molecule has 0 bridgehead atoms. The van der Waals surface area contributed by atoms with Gasteiger partial charge in [-0.1, -0.05) is 38.5 Å². The van der Waals surface area contributed by atoms with Gasteiger partial charge in [0.15, 0.2) is 0 Å². The van der Waals surface area contributed by atoms with Crippen LogP contribution >= 0.6 is 0 Å². The SMILES string of the molecule is O=S(=O)(CC1CCCCC1)N(CCO)C1CCCCC1. The van der Waals surface area contributed by atoms with Crippen molar-refractivity contribution >= 4 is 10.0 Å². The molecule has 1 N–H and O–H groups in total. The highest BCUT2D eigenvalue weighted by Crippen LogP contribution is 2.29. The molecule has 0 heterocycles. The predicted molar refractivity (Wildman–Crippen MR) is 81.0 cm³/mol. The second-order valence-electron chi connectivity index (χ2n) is 6.41. The Balaban J connectivity index is 2.01. The van der Waals surface area contributed by atoms with Gasteiger partial charge in [-0.15, -0.1) is 0 Å². The Hall–Kier alpha value is -0.130. The highest BCUT2D eigenvalue weighted by molar-refractivity contribution is 7.89. The molecule has 0 saturated heterocycles. The maximum Gasteiger partial charge on any atom is 0.214 e. The van der Waals surface area contributed by atoms with Crippen LogP contribution in [0.15, 0.2) is 0 Å². The summed E-state index contributed by atoms with van der Waals surface area (Å²) >= 11 is 0. The van der Waals surface area contributed by atoms with Crippen LogP contribution in [0, 0.1) is 5.92 Å². The molecular formula is C15H29NO3S. The summed E-state index contributed by atoms with van der Waals surface area (Å²) in [5.41, 5.74) is 0. The molecule has 0 amide bonds. The maximum atomic E-state index is 12.7. The summed E-state index contributed by atoms with van der Waals surface area (Å²) in [5.74, 6) is 0.627. The molecule has 2 aliphatic rings. The summed E-state index contributed by atoms with van der Waals surface area (Å²) in [7, 11) is -3.21. The fourth-order valence-electron chi connectivity index (χ4n) is 3.76. The van der Waals surface area contributed by atoms with Crippen LogP contribution in [0.3, 0.4) is 0 Å². The molecule has 20 heavy (non-hydrogen) atoms. The van der Waals surface area contributed by atoms with E-state index in [1.807, 2.05) is 0 Å². The second kappa shape index (κ2) is 7.76. The fraction of sp³-hybridized carbons (Fsp3) is 1.00. The Kier molecular flexibility index (Phi) is 6.30. The first-order chi connectivity index (χ1) is 9.63. The van der Waals surface area contributed by atoms with Crippen LogP contribution in [0.1, 0.15) is 64.2 Å². The molecular weight excluding hydrogens is 274 g/mol. The molecule has 4 nitrogen and oxygen atoms in total. The van der Waals surface area contributed by atoms with E-state index in [9.17, 15) is 13.5 Å². The second-order valence-corrected chi connectivity index (χ2v) is 8.37. The lowest BCUT2D eigenvalue weighted by Crippen LogP contribution is -2.45. The third-order valence-corrected chi connectivity index (χ3v) is 6.92. The van der Waals surface area contributed by atoms with Gasteiger partial charge < -0.3 is 5.11 Å². The molecule has 5 heteroatoms. The smallest absolute Gasteiger partial charge is 0.214 e. The molecule has 2 rings (SSSR count). The molecule has 0 unspecified atom stereocenters. The van der Waals surface area contributed by atoms with Gasteiger partial charge >= 0.3 is 0 Å². The highest BCUT2D eigenvalue weighted by atomic mass is 32.2. The number of aliphatic hydroxyl groups is 1. The number of sulfonamides is 1. The zero-order valence-electron chi connectivity index (χ0n) is 12.5. The molecule has 2 fully saturated rings. The van der Waals surface area contributed by atoms with E-state index in [4.69, 9.17) is 0 Å². The minimum Gasteiger partial charge on any atom is -0.395 e. The summed E-state index contributed by atoms with van der Waals surface area (Å²) in [6.07, 6.45) is 11.1. The van der Waals surface area contributed by atoms with Gasteiger partial charge in [-0.3, -0.25) is 0 Å². The van der Waals surface area contributed by atoms with Crippen molar-refractivity contribution in [1.82, 2.24) is 4.31 Å². The minimum atomic E-state index is -3.21. The molecule has 0 aromatic rings. The zero-order valence-corrected chi connectivity index (χ0v) is 13.3. The van der Waals surface area contributed by atoms with Crippen LogP contribution < -0.4 is 0 Å². The first-order valence-electron chi connectivity index (χ1n) is 8.24. The van der Waals surface area contributed by atoms with E-state index in [1.54, 1.807) is 4.31 Å². The van der Waals surface area contributed by atoms with Crippen LogP contribution in [0.4, 0.5) is 0 Å². The van der Waals surface area contributed by atoms with Crippen molar-refractivity contribution in [3.8, 4) is 0 Å². The largest absolute Gasteiger partial charge is 0.395 e. The topological polar surface area (TPSA) is 57.6 Å². The van der Waals surface area contributed by atoms with E-state index in [1.165, 1.54) is 25.7 Å². The number of hydrogen-bond acceptors (Lipinski definition) is 3. The predicted octanol–water partition coefficient (Wildman–Crippen LogP) is 2.52. The summed E-state index contributed by atoms with van der Waals surface area (Å²) in [5, 5.41) is 9.23. The molecule has 0 spiro atoms. The van der Waals surface area contributed by atoms with Gasteiger partial charge in [0, 0.05) is 12.6 Å². The van der Waals surface area contributed by atoms with Gasteiger partial charge in [0.25, 0.3) is 0 Å². The van der Waals surface area contributed by atoms with Gasteiger partial charge in [-0.25, -0.2) is 8.42 Å². The lowest BCUT2D eigenvalue weighted by Gasteiger charge is -2.34. The van der Waals surface area contributed by atoms with Gasteiger partial charge in [0.1, 0.15) is 0 Å². The normalized spacial score (nSPS) is 23.3. The third-order valence-electron chi connectivity index (χ3n) is 4.83. The summed E-state index contributed by atoms with van der Waals surface area (Å²) < 4.78 is 27.0. The number of aliphatic hydroxyl groups excluding tert-OH is 1. The third kappa shape index (κ3) is 4.43. The average Bonchev–Trinajstić information content (AvgIpc) is 2.46. The van der Waals surface area contributed by atoms with E-state index in [2.05, 4.69) is 0 Å². The van der Waals surface area contributed by atoms with Crippen LogP contribution in [0.2, 0.25) is 0 Å². The molecule has 0 radical (unpaired) electrons. The Morgan fingerprint density at radius 1 is 0.900 bits per heavy atom. The average molecular weight is 303 g/mol. The molecule has 0 aliphatic heterocycles. The standard InChI is InChI=1S/C15H29NO3S/c17-12-11-16(15-9-5-2-6-10-15)20(18,19)13-14-7-3-1-4-8-14/h14-15,17H,1-13H2. The van der Waals surface area contributed by atoms with E-state index in [0.29, 0.717) is 11.7 Å². The molecule has 0 aromatic carbocycles. The molecule has 0 aromatic heterocycles. The number of rotatable bonds is 6. The monoisotopic (exact) mass is 303 g/mol. The Labute approximate surface area is 123 Å². The lowest BCUT2D eigenvalue weighted by atomic mass is 9.91. The first-order valence-corrected chi connectivity index (χ1v) is 9.85. The van der Waals surface area contributed by atoms with Gasteiger partial charge in [-0.2, -0.15) is 4.31 Å². The van der Waals surface area contributed by atoms with Crippen molar-refractivity contribution in [1.29, 1.82) is 0 Å². The maximum absolute atomic E-state index is 12.7. The summed E-state index contributed by atoms with van der Waals surface area (Å²) in [6, 6.07) is 0.129. The fourth-order valence-corrected chi connectivity index (χ4v) is 5.91. The van der Waals surface area contributed by atoms with Gasteiger partial charge in [0.2, 0.25) is 10.0 Å². The molecule has 2 aliphatic carbocycles. The van der Waals surface area contributed by atoms with Crippen molar-refractivity contribution in [3.05, 3.63) is 0 Å². The van der Waals surface area contributed by atoms with Crippen molar-refractivity contribution in [3.63, 3.8) is 0 Å². The van der Waals surface area contributed by atoms with E-state index >= 15 is 0 Å². The number of nitrogens with zero attached hydrogens (tertiary/aromatic N) is 1. The summed E-state index contributed by atoms with van der Waals surface area (Å²) in [4.78, 5) is 0.